The van der Waals surface area contributed by atoms with Crippen molar-refractivity contribution in [2.75, 3.05) is 13.7 Å². The summed E-state index contributed by atoms with van der Waals surface area (Å²) in [6, 6.07) is -0.384. The zero-order valence-electron chi connectivity index (χ0n) is 9.03. The number of hydrogen-bond donors (Lipinski definition) is 3. The minimum absolute atomic E-state index is 0.0913. The number of ether oxygens (including phenoxy) is 1. The Kier molecular flexibility index (Phi) is 6.64. The number of carbonyl (C=O) groups excluding carboxylic acids is 1. The van der Waals surface area contributed by atoms with Crippen molar-refractivity contribution < 1.29 is 19.4 Å². The van der Waals surface area contributed by atoms with E-state index in [1.807, 2.05) is 0 Å². The number of nitrogens with one attached hydrogen (secondary N) is 1. The van der Waals surface area contributed by atoms with E-state index in [1.54, 1.807) is 6.92 Å². The van der Waals surface area contributed by atoms with Gasteiger partial charge in [-0.1, -0.05) is 0 Å². The van der Waals surface area contributed by atoms with E-state index in [4.69, 9.17) is 15.6 Å². The molecule has 0 saturated heterocycles. The molecule has 2 atom stereocenters. The van der Waals surface area contributed by atoms with Crippen LogP contribution in [0.25, 0.3) is 0 Å². The van der Waals surface area contributed by atoms with Crippen molar-refractivity contribution in [3.05, 3.63) is 0 Å². The topological polar surface area (TPSA) is 102 Å². The summed E-state index contributed by atoms with van der Waals surface area (Å²) in [5.74, 6) is -1.19. The van der Waals surface area contributed by atoms with Gasteiger partial charge in [0.2, 0.25) is 5.91 Å². The fraction of sp³-hybridized carbons (Fsp3) is 0.778. The summed E-state index contributed by atoms with van der Waals surface area (Å²) in [5, 5.41) is 11.0. The van der Waals surface area contributed by atoms with Crippen LogP contribution < -0.4 is 11.1 Å². The van der Waals surface area contributed by atoms with Gasteiger partial charge in [-0.3, -0.25) is 9.59 Å². The third-order valence-electron chi connectivity index (χ3n) is 1.90. The molecule has 1 amide bonds. The Morgan fingerprint density at radius 2 is 2.07 bits per heavy atom. The van der Waals surface area contributed by atoms with Gasteiger partial charge in [0.25, 0.3) is 0 Å². The van der Waals surface area contributed by atoms with Gasteiger partial charge in [0.15, 0.2) is 0 Å². The van der Waals surface area contributed by atoms with Gasteiger partial charge in [-0.25, -0.2) is 0 Å². The maximum Gasteiger partial charge on any atom is 0.305 e. The quantitative estimate of drug-likeness (QED) is 0.526. The van der Waals surface area contributed by atoms with E-state index in [9.17, 15) is 9.59 Å². The van der Waals surface area contributed by atoms with Crippen molar-refractivity contribution in [3.63, 3.8) is 0 Å². The zero-order chi connectivity index (χ0) is 11.8. The van der Waals surface area contributed by atoms with Crippen molar-refractivity contribution in [1.29, 1.82) is 0 Å². The first-order chi connectivity index (χ1) is 6.99. The fourth-order valence-electron chi connectivity index (χ4n) is 1.12. The van der Waals surface area contributed by atoms with Gasteiger partial charge in [0.1, 0.15) is 0 Å². The summed E-state index contributed by atoms with van der Waals surface area (Å²) < 4.78 is 4.93. The van der Waals surface area contributed by atoms with Gasteiger partial charge in [-0.2, -0.15) is 0 Å². The lowest BCUT2D eigenvalue weighted by Gasteiger charge is -2.15. The number of carboxylic acids is 1. The summed E-state index contributed by atoms with van der Waals surface area (Å²) in [5.41, 5.74) is 5.34. The van der Waals surface area contributed by atoms with E-state index in [-0.39, 0.29) is 37.4 Å². The molecule has 0 aromatic rings. The average Bonchev–Trinajstić information content (AvgIpc) is 2.12. The Morgan fingerprint density at radius 1 is 1.47 bits per heavy atom. The number of amides is 1. The highest BCUT2D eigenvalue weighted by Crippen LogP contribution is 1.97. The number of methoxy groups -OCH3 is 1. The molecule has 6 nitrogen and oxygen atoms in total. The Morgan fingerprint density at radius 3 is 2.47 bits per heavy atom. The van der Waals surface area contributed by atoms with Crippen LogP contribution in [0.5, 0.6) is 0 Å². The lowest BCUT2D eigenvalue weighted by atomic mass is 10.2. The van der Waals surface area contributed by atoms with Crippen LogP contribution in [-0.4, -0.2) is 42.8 Å². The van der Waals surface area contributed by atoms with Crippen molar-refractivity contribution in [2.24, 2.45) is 5.73 Å². The van der Waals surface area contributed by atoms with Crippen LogP contribution in [0.15, 0.2) is 0 Å². The molecule has 6 heteroatoms. The Balaban J connectivity index is 3.86. The molecular weight excluding hydrogens is 200 g/mol. The van der Waals surface area contributed by atoms with Crippen LogP contribution in [0, 0.1) is 0 Å². The van der Waals surface area contributed by atoms with E-state index in [2.05, 4.69) is 5.32 Å². The highest BCUT2D eigenvalue weighted by atomic mass is 16.5. The molecule has 0 aliphatic heterocycles. The zero-order valence-corrected chi connectivity index (χ0v) is 9.03. The Labute approximate surface area is 88.8 Å². The van der Waals surface area contributed by atoms with Crippen molar-refractivity contribution in [3.8, 4) is 0 Å². The standard InChI is InChI=1S/C9H18N2O4/c1-6(3-9(13)14)11-8(12)4-7(5-10)15-2/h6-7H,3-5,10H2,1-2H3,(H,11,12)(H,13,14). The summed E-state index contributed by atoms with van der Waals surface area (Å²) in [6.07, 6.45) is -0.259. The molecule has 0 heterocycles. The molecule has 88 valence electrons. The Hall–Kier alpha value is -1.14. The van der Waals surface area contributed by atoms with Crippen molar-refractivity contribution in [1.82, 2.24) is 5.32 Å². The SMILES string of the molecule is COC(CN)CC(=O)NC(C)CC(=O)O. The molecule has 2 unspecified atom stereocenters. The monoisotopic (exact) mass is 218 g/mol. The smallest absolute Gasteiger partial charge is 0.305 e. The van der Waals surface area contributed by atoms with Crippen LogP contribution in [0.4, 0.5) is 0 Å². The first-order valence-electron chi connectivity index (χ1n) is 4.73. The minimum atomic E-state index is -0.940. The average molecular weight is 218 g/mol. The first kappa shape index (κ1) is 13.9. The summed E-state index contributed by atoms with van der Waals surface area (Å²) >= 11 is 0. The second-order valence-electron chi connectivity index (χ2n) is 3.36. The normalized spacial score (nSPS) is 14.3. The van der Waals surface area contributed by atoms with E-state index in [1.165, 1.54) is 7.11 Å². The number of hydrogen-bond acceptors (Lipinski definition) is 4. The number of carbonyl (C=O) groups is 2. The molecule has 4 N–H and O–H groups in total. The number of rotatable bonds is 7. The van der Waals surface area contributed by atoms with Crippen LogP contribution in [0.3, 0.4) is 0 Å². The maximum atomic E-state index is 11.3. The number of aliphatic carboxylic acids is 1. The summed E-state index contributed by atoms with van der Waals surface area (Å²) in [6.45, 7) is 1.90. The van der Waals surface area contributed by atoms with Crippen LogP contribution in [-0.2, 0) is 14.3 Å². The maximum absolute atomic E-state index is 11.3. The van der Waals surface area contributed by atoms with Gasteiger partial charge >= 0.3 is 5.97 Å². The van der Waals surface area contributed by atoms with Gasteiger partial charge in [-0.05, 0) is 6.92 Å². The second-order valence-corrected chi connectivity index (χ2v) is 3.36. The van der Waals surface area contributed by atoms with E-state index >= 15 is 0 Å². The van der Waals surface area contributed by atoms with Crippen molar-refractivity contribution in [2.45, 2.75) is 31.9 Å². The molecule has 0 radical (unpaired) electrons. The molecule has 0 aromatic carbocycles. The van der Waals surface area contributed by atoms with Gasteiger partial charge in [0, 0.05) is 19.7 Å². The van der Waals surface area contributed by atoms with E-state index in [0.717, 1.165) is 0 Å². The van der Waals surface area contributed by atoms with E-state index in [0.29, 0.717) is 0 Å². The number of nitrogens with two attached hydrogens (primary N) is 1. The van der Waals surface area contributed by atoms with Gasteiger partial charge < -0.3 is 20.9 Å². The number of carboxylic acid groups (broad SMARTS) is 1. The molecule has 0 aliphatic rings. The lowest BCUT2D eigenvalue weighted by molar-refractivity contribution is -0.137. The predicted molar refractivity (Wildman–Crippen MR) is 54.3 cm³/mol. The summed E-state index contributed by atoms with van der Waals surface area (Å²) in [4.78, 5) is 21.7. The minimum Gasteiger partial charge on any atom is -0.481 e. The third-order valence-corrected chi connectivity index (χ3v) is 1.90. The fourth-order valence-corrected chi connectivity index (χ4v) is 1.12. The van der Waals surface area contributed by atoms with E-state index < -0.39 is 5.97 Å². The molecule has 0 aliphatic carbocycles. The largest absolute Gasteiger partial charge is 0.481 e. The molecule has 15 heavy (non-hydrogen) atoms. The molecule has 0 rings (SSSR count). The molecule has 0 spiro atoms. The third kappa shape index (κ3) is 6.87. The highest BCUT2D eigenvalue weighted by molar-refractivity contribution is 5.77. The predicted octanol–water partition coefficient (Wildman–Crippen LogP) is -0.670. The van der Waals surface area contributed by atoms with Crippen LogP contribution in [0.2, 0.25) is 0 Å². The molecular formula is C9H18N2O4. The first-order valence-corrected chi connectivity index (χ1v) is 4.73. The summed E-state index contributed by atoms with van der Waals surface area (Å²) in [7, 11) is 1.48. The van der Waals surface area contributed by atoms with Crippen LogP contribution >= 0.6 is 0 Å². The van der Waals surface area contributed by atoms with Crippen molar-refractivity contribution >= 4 is 11.9 Å². The molecule has 0 aromatic heterocycles. The lowest BCUT2D eigenvalue weighted by Crippen LogP contribution is -2.37. The molecule has 0 bridgehead atoms. The second kappa shape index (κ2) is 7.19. The highest BCUT2D eigenvalue weighted by Gasteiger charge is 2.14. The van der Waals surface area contributed by atoms with Gasteiger partial charge in [0.05, 0.1) is 18.9 Å². The van der Waals surface area contributed by atoms with Crippen LogP contribution in [0.1, 0.15) is 19.8 Å². The Bertz CT molecular complexity index is 216. The van der Waals surface area contributed by atoms with Gasteiger partial charge in [-0.15, -0.1) is 0 Å². The molecule has 0 fully saturated rings. The molecule has 0 saturated carbocycles.